The van der Waals surface area contributed by atoms with Crippen LogP contribution < -0.4 is 5.32 Å². The van der Waals surface area contributed by atoms with Gasteiger partial charge in [-0.1, -0.05) is 29.8 Å². The zero-order chi connectivity index (χ0) is 23.8. The van der Waals surface area contributed by atoms with E-state index >= 15 is 0 Å². The molecular weight excluding hydrogens is 520 g/mol. The summed E-state index contributed by atoms with van der Waals surface area (Å²) in [7, 11) is 0. The Bertz CT molecular complexity index is 1520. The van der Waals surface area contributed by atoms with E-state index in [-0.39, 0.29) is 5.91 Å². The molecular formula is C23H20BrClN8O. The van der Waals surface area contributed by atoms with Gasteiger partial charge in [-0.15, -0.1) is 0 Å². The van der Waals surface area contributed by atoms with Crippen molar-refractivity contribution in [2.24, 2.45) is 0 Å². The molecule has 0 saturated heterocycles. The Morgan fingerprint density at radius 1 is 1.15 bits per heavy atom. The Kier molecular flexibility index (Phi) is 5.93. The van der Waals surface area contributed by atoms with E-state index in [1.807, 2.05) is 55.1 Å². The molecule has 1 N–H and O–H groups in total. The van der Waals surface area contributed by atoms with Gasteiger partial charge in [-0.25, -0.2) is 9.50 Å². The van der Waals surface area contributed by atoms with Gasteiger partial charge < -0.3 is 5.32 Å². The molecule has 1 amide bonds. The Labute approximate surface area is 208 Å². The van der Waals surface area contributed by atoms with E-state index in [1.54, 1.807) is 21.6 Å². The van der Waals surface area contributed by atoms with Crippen molar-refractivity contribution in [1.82, 2.24) is 34.2 Å². The van der Waals surface area contributed by atoms with E-state index in [4.69, 9.17) is 11.6 Å². The zero-order valence-corrected chi connectivity index (χ0v) is 20.7. The largest absolute Gasteiger partial charge is 0.304 e. The minimum atomic E-state index is -0.357. The topological polar surface area (TPSA) is 94.9 Å². The summed E-state index contributed by atoms with van der Waals surface area (Å²) in [5, 5.41) is 16.9. The number of benzene rings is 1. The lowest BCUT2D eigenvalue weighted by molar-refractivity contribution is 0.102. The van der Waals surface area contributed by atoms with Gasteiger partial charge in [0.2, 0.25) is 0 Å². The third kappa shape index (κ3) is 4.10. The molecule has 0 aliphatic rings. The fourth-order valence-electron chi connectivity index (χ4n) is 3.73. The van der Waals surface area contributed by atoms with Crippen molar-refractivity contribution in [2.45, 2.75) is 26.9 Å². The van der Waals surface area contributed by atoms with Crippen molar-refractivity contribution in [2.75, 3.05) is 5.32 Å². The quantitative estimate of drug-likeness (QED) is 0.333. The van der Waals surface area contributed by atoms with Crippen LogP contribution in [-0.4, -0.2) is 40.1 Å². The van der Waals surface area contributed by atoms with Crippen LogP contribution in [0.4, 0.5) is 5.82 Å². The smallest absolute Gasteiger partial charge is 0.262 e. The third-order valence-corrected chi connectivity index (χ3v) is 6.38. The summed E-state index contributed by atoms with van der Waals surface area (Å²) in [6.07, 6.45) is 6.93. The second kappa shape index (κ2) is 9.03. The van der Waals surface area contributed by atoms with Gasteiger partial charge in [-0.2, -0.15) is 15.3 Å². The number of aromatic nitrogens is 7. The van der Waals surface area contributed by atoms with Crippen LogP contribution in [0.5, 0.6) is 0 Å². The monoisotopic (exact) mass is 538 g/mol. The number of hydrogen-bond acceptors (Lipinski definition) is 5. The molecule has 172 valence electrons. The molecule has 9 nitrogen and oxygen atoms in total. The van der Waals surface area contributed by atoms with Crippen molar-refractivity contribution in [3.05, 3.63) is 81.4 Å². The van der Waals surface area contributed by atoms with E-state index in [0.717, 1.165) is 29.1 Å². The molecule has 0 aliphatic carbocycles. The molecule has 0 radical (unpaired) electrons. The summed E-state index contributed by atoms with van der Waals surface area (Å²) < 4.78 is 5.89. The number of amides is 1. The maximum atomic E-state index is 13.1. The molecule has 0 atom stereocenters. The van der Waals surface area contributed by atoms with Crippen LogP contribution in [-0.2, 0) is 13.1 Å². The first-order chi connectivity index (χ1) is 16.4. The van der Waals surface area contributed by atoms with Crippen molar-refractivity contribution >= 4 is 44.9 Å². The maximum absolute atomic E-state index is 13.1. The molecule has 5 rings (SSSR count). The fourth-order valence-corrected chi connectivity index (χ4v) is 4.34. The molecule has 1 aromatic carbocycles. The van der Waals surface area contributed by atoms with E-state index in [9.17, 15) is 4.79 Å². The first kappa shape index (κ1) is 22.3. The van der Waals surface area contributed by atoms with Crippen LogP contribution >= 0.6 is 27.5 Å². The number of carbonyl (C=O) groups is 1. The summed E-state index contributed by atoms with van der Waals surface area (Å²) >= 11 is 9.73. The van der Waals surface area contributed by atoms with Crippen molar-refractivity contribution in [3.8, 4) is 11.3 Å². The minimum absolute atomic E-state index is 0.343. The van der Waals surface area contributed by atoms with Gasteiger partial charge in [0.1, 0.15) is 5.56 Å². The van der Waals surface area contributed by atoms with Crippen LogP contribution in [0.15, 0.2) is 59.6 Å². The van der Waals surface area contributed by atoms with Gasteiger partial charge in [-0.3, -0.25) is 14.2 Å². The summed E-state index contributed by atoms with van der Waals surface area (Å²) in [5.74, 6) is 0.0388. The first-order valence-electron chi connectivity index (χ1n) is 10.6. The van der Waals surface area contributed by atoms with Crippen LogP contribution in [0, 0.1) is 6.92 Å². The van der Waals surface area contributed by atoms with Crippen molar-refractivity contribution < 1.29 is 4.79 Å². The van der Waals surface area contributed by atoms with Crippen molar-refractivity contribution in [3.63, 3.8) is 0 Å². The second-order valence-electron chi connectivity index (χ2n) is 7.68. The summed E-state index contributed by atoms with van der Waals surface area (Å²) in [5.41, 5.74) is 4.35. The lowest BCUT2D eigenvalue weighted by atomic mass is 10.2. The average molecular weight is 540 g/mol. The molecule has 0 saturated carbocycles. The number of fused-ring (bicyclic) bond motifs is 1. The van der Waals surface area contributed by atoms with Crippen LogP contribution in [0.1, 0.15) is 28.5 Å². The molecule has 0 spiro atoms. The average Bonchev–Trinajstić information content (AvgIpc) is 3.52. The molecule has 11 heteroatoms. The molecule has 4 aromatic heterocycles. The highest BCUT2D eigenvalue weighted by Gasteiger charge is 2.20. The van der Waals surface area contributed by atoms with Gasteiger partial charge in [0.15, 0.2) is 11.5 Å². The number of anilines is 1. The SMILES string of the molecule is CCn1cc(-c2ccnc3c(C(=O)Nc4nn(Cc5ccccc5Cl)cc4Br)cnn23)c(C)n1. The first-order valence-corrected chi connectivity index (χ1v) is 11.8. The van der Waals surface area contributed by atoms with Crippen LogP contribution in [0.2, 0.25) is 5.02 Å². The molecule has 0 unspecified atom stereocenters. The van der Waals surface area contributed by atoms with Crippen molar-refractivity contribution in [1.29, 1.82) is 0 Å². The predicted molar refractivity (Wildman–Crippen MR) is 133 cm³/mol. The summed E-state index contributed by atoms with van der Waals surface area (Å²) in [4.78, 5) is 17.5. The number of rotatable bonds is 6. The highest BCUT2D eigenvalue weighted by molar-refractivity contribution is 9.10. The molecule has 0 fully saturated rings. The highest BCUT2D eigenvalue weighted by atomic mass is 79.9. The Morgan fingerprint density at radius 3 is 2.74 bits per heavy atom. The maximum Gasteiger partial charge on any atom is 0.262 e. The molecule has 0 bridgehead atoms. The zero-order valence-electron chi connectivity index (χ0n) is 18.4. The van der Waals surface area contributed by atoms with Gasteiger partial charge >= 0.3 is 0 Å². The lowest BCUT2D eigenvalue weighted by Crippen LogP contribution is -2.13. The van der Waals surface area contributed by atoms with Gasteiger partial charge in [0, 0.05) is 35.7 Å². The number of aryl methyl sites for hydroxylation is 2. The number of nitrogens with zero attached hydrogens (tertiary/aromatic N) is 7. The van der Waals surface area contributed by atoms with Crippen LogP contribution in [0.3, 0.4) is 0 Å². The molecule has 34 heavy (non-hydrogen) atoms. The predicted octanol–water partition coefficient (Wildman–Crippen LogP) is 4.83. The lowest BCUT2D eigenvalue weighted by Gasteiger charge is -2.05. The minimum Gasteiger partial charge on any atom is -0.304 e. The van der Waals surface area contributed by atoms with E-state index in [2.05, 4.69) is 41.5 Å². The normalized spacial score (nSPS) is 11.3. The molecule has 0 aliphatic heterocycles. The summed E-state index contributed by atoms with van der Waals surface area (Å²) in [6.45, 7) is 5.21. The van der Waals surface area contributed by atoms with Gasteiger partial charge in [0.05, 0.1) is 28.6 Å². The Morgan fingerprint density at radius 2 is 1.97 bits per heavy atom. The van der Waals surface area contributed by atoms with Crippen LogP contribution in [0.25, 0.3) is 16.9 Å². The number of halogens is 2. The summed E-state index contributed by atoms with van der Waals surface area (Å²) in [6, 6.07) is 9.43. The third-order valence-electron chi connectivity index (χ3n) is 5.43. The highest BCUT2D eigenvalue weighted by Crippen LogP contribution is 2.26. The number of carbonyl (C=O) groups excluding carboxylic acids is 1. The second-order valence-corrected chi connectivity index (χ2v) is 8.94. The number of nitrogens with one attached hydrogen (secondary N) is 1. The fraction of sp³-hybridized carbons (Fsp3) is 0.174. The van der Waals surface area contributed by atoms with Gasteiger partial charge in [-0.05, 0) is 47.5 Å². The van der Waals surface area contributed by atoms with E-state index in [1.165, 1.54) is 6.20 Å². The Balaban J connectivity index is 1.42. The Hall–Kier alpha value is -3.50. The van der Waals surface area contributed by atoms with Gasteiger partial charge in [0.25, 0.3) is 5.91 Å². The molecule has 4 heterocycles. The molecule has 5 aromatic rings. The standard InChI is InChI=1S/C23H20BrClN8O/c1-3-31-12-17(14(2)29-31)20-8-9-26-22-16(10-27-33(20)22)23(34)28-21-18(24)13-32(30-21)11-15-6-4-5-7-19(15)25/h4-10,12-13H,3,11H2,1-2H3,(H,28,30,34). The van der Waals surface area contributed by atoms with E-state index in [0.29, 0.717) is 33.1 Å². The van der Waals surface area contributed by atoms with E-state index < -0.39 is 0 Å². The number of hydrogen-bond donors (Lipinski definition) is 1.